The van der Waals surface area contributed by atoms with Crippen LogP contribution in [0.25, 0.3) is 0 Å². The Labute approximate surface area is 107 Å². The van der Waals surface area contributed by atoms with Gasteiger partial charge in [0.2, 0.25) is 0 Å². The predicted molar refractivity (Wildman–Crippen MR) is 67.5 cm³/mol. The molecule has 0 bridgehead atoms. The van der Waals surface area contributed by atoms with Gasteiger partial charge in [0, 0.05) is 7.11 Å². The standard InChI is InChI=1S/C9H14O5.C4H8/c1-14-9(8(12)13)5-3-2-4-6(9)7(10)11;1-4(2)3/h6H,2-5H2,1H3,(H,10,11)(H,12,13);1H2,2-3H3. The zero-order valence-electron chi connectivity index (χ0n) is 11.2. The maximum Gasteiger partial charge on any atom is 0.336 e. The van der Waals surface area contributed by atoms with Gasteiger partial charge < -0.3 is 14.9 Å². The predicted octanol–water partition coefficient (Wildman–Crippen LogP) is 2.31. The molecular formula is C13H22O5. The van der Waals surface area contributed by atoms with Gasteiger partial charge in [0.05, 0.1) is 5.92 Å². The first-order chi connectivity index (χ1) is 8.27. The second kappa shape index (κ2) is 7.16. The highest BCUT2D eigenvalue weighted by Gasteiger charge is 2.51. The summed E-state index contributed by atoms with van der Waals surface area (Å²) in [6.07, 6.45) is 2.09. The van der Waals surface area contributed by atoms with Crippen molar-refractivity contribution in [3.63, 3.8) is 0 Å². The van der Waals surface area contributed by atoms with Crippen LogP contribution in [0, 0.1) is 5.92 Å². The lowest BCUT2D eigenvalue weighted by atomic mass is 9.75. The quantitative estimate of drug-likeness (QED) is 0.759. The third kappa shape index (κ3) is 4.14. The number of carbonyl (C=O) groups is 2. The van der Waals surface area contributed by atoms with E-state index in [1.165, 1.54) is 12.7 Å². The summed E-state index contributed by atoms with van der Waals surface area (Å²) in [6, 6.07) is 0. The molecule has 1 rings (SSSR count). The van der Waals surface area contributed by atoms with Gasteiger partial charge in [0.1, 0.15) is 0 Å². The van der Waals surface area contributed by atoms with E-state index in [9.17, 15) is 9.59 Å². The van der Waals surface area contributed by atoms with Crippen LogP contribution >= 0.6 is 0 Å². The Bertz CT molecular complexity index is 319. The number of rotatable bonds is 3. The third-order valence-electron chi connectivity index (χ3n) is 2.88. The van der Waals surface area contributed by atoms with Crippen LogP contribution in [0.2, 0.25) is 0 Å². The summed E-state index contributed by atoms with van der Waals surface area (Å²) in [6.45, 7) is 7.50. The molecule has 2 N–H and O–H groups in total. The van der Waals surface area contributed by atoms with Crippen LogP contribution in [0.15, 0.2) is 12.2 Å². The molecular weight excluding hydrogens is 236 g/mol. The first kappa shape index (κ1) is 16.6. The molecule has 2 atom stereocenters. The summed E-state index contributed by atoms with van der Waals surface area (Å²) in [5.74, 6) is -3.19. The van der Waals surface area contributed by atoms with E-state index in [4.69, 9.17) is 14.9 Å². The van der Waals surface area contributed by atoms with Gasteiger partial charge in [0.15, 0.2) is 5.60 Å². The SMILES string of the molecule is C=C(C)C.COC1(C(=O)O)CCCCC1C(=O)O. The summed E-state index contributed by atoms with van der Waals surface area (Å²) in [4.78, 5) is 21.9. The summed E-state index contributed by atoms with van der Waals surface area (Å²) in [7, 11) is 1.26. The van der Waals surface area contributed by atoms with Crippen LogP contribution in [0.4, 0.5) is 0 Å². The average molecular weight is 258 g/mol. The van der Waals surface area contributed by atoms with Crippen molar-refractivity contribution >= 4 is 11.9 Å². The molecule has 0 radical (unpaired) electrons. The highest BCUT2D eigenvalue weighted by Crippen LogP contribution is 2.36. The number of carboxylic acids is 2. The van der Waals surface area contributed by atoms with Crippen molar-refractivity contribution in [2.24, 2.45) is 5.92 Å². The highest BCUT2D eigenvalue weighted by molar-refractivity contribution is 5.86. The lowest BCUT2D eigenvalue weighted by Crippen LogP contribution is -2.52. The molecule has 0 aromatic rings. The number of hydrogen-bond acceptors (Lipinski definition) is 3. The molecule has 0 amide bonds. The Kier molecular flexibility index (Phi) is 6.62. The van der Waals surface area contributed by atoms with Crippen LogP contribution < -0.4 is 0 Å². The molecule has 0 heterocycles. The van der Waals surface area contributed by atoms with Crippen LogP contribution in [0.1, 0.15) is 39.5 Å². The number of ether oxygens (including phenoxy) is 1. The van der Waals surface area contributed by atoms with E-state index < -0.39 is 23.5 Å². The summed E-state index contributed by atoms with van der Waals surface area (Å²) in [5.41, 5.74) is -0.357. The lowest BCUT2D eigenvalue weighted by molar-refractivity contribution is -0.184. The van der Waals surface area contributed by atoms with E-state index in [-0.39, 0.29) is 6.42 Å². The molecule has 0 spiro atoms. The Balaban J connectivity index is 0.000000631. The number of hydrogen-bond donors (Lipinski definition) is 2. The maximum absolute atomic E-state index is 11.0. The second-order valence-electron chi connectivity index (χ2n) is 4.74. The Morgan fingerprint density at radius 2 is 1.78 bits per heavy atom. The molecule has 1 fully saturated rings. The minimum absolute atomic E-state index is 0.274. The van der Waals surface area contributed by atoms with Crippen LogP contribution in [-0.4, -0.2) is 34.9 Å². The molecule has 104 valence electrons. The van der Waals surface area contributed by atoms with Crippen molar-refractivity contribution < 1.29 is 24.5 Å². The fraction of sp³-hybridized carbons (Fsp3) is 0.692. The zero-order valence-corrected chi connectivity index (χ0v) is 11.2. The average Bonchev–Trinajstić information content (AvgIpc) is 2.27. The molecule has 1 aliphatic rings. The summed E-state index contributed by atoms with van der Waals surface area (Å²) in [5, 5.41) is 17.9. The second-order valence-corrected chi connectivity index (χ2v) is 4.74. The van der Waals surface area contributed by atoms with Gasteiger partial charge in [0.25, 0.3) is 0 Å². The van der Waals surface area contributed by atoms with Crippen molar-refractivity contribution in [1.29, 1.82) is 0 Å². The van der Waals surface area contributed by atoms with E-state index >= 15 is 0 Å². The monoisotopic (exact) mass is 258 g/mol. The summed E-state index contributed by atoms with van der Waals surface area (Å²) >= 11 is 0. The highest BCUT2D eigenvalue weighted by atomic mass is 16.5. The van der Waals surface area contributed by atoms with Gasteiger partial charge in [-0.1, -0.05) is 12.0 Å². The third-order valence-corrected chi connectivity index (χ3v) is 2.88. The molecule has 5 heteroatoms. The van der Waals surface area contributed by atoms with E-state index in [2.05, 4.69) is 6.58 Å². The molecule has 0 aromatic heterocycles. The number of methoxy groups -OCH3 is 1. The van der Waals surface area contributed by atoms with Crippen molar-refractivity contribution in [2.45, 2.75) is 45.1 Å². The Morgan fingerprint density at radius 1 is 1.28 bits per heavy atom. The Hall–Kier alpha value is -1.36. The van der Waals surface area contributed by atoms with Gasteiger partial charge in [-0.15, -0.1) is 6.58 Å². The van der Waals surface area contributed by atoms with Crippen molar-refractivity contribution in [3.05, 3.63) is 12.2 Å². The molecule has 1 saturated carbocycles. The van der Waals surface area contributed by atoms with Crippen LogP contribution in [0.5, 0.6) is 0 Å². The first-order valence-corrected chi connectivity index (χ1v) is 5.91. The van der Waals surface area contributed by atoms with E-state index in [1.807, 2.05) is 13.8 Å². The fourth-order valence-corrected chi connectivity index (χ4v) is 2.05. The topological polar surface area (TPSA) is 83.8 Å². The van der Waals surface area contributed by atoms with E-state index in [0.717, 1.165) is 6.42 Å². The smallest absolute Gasteiger partial charge is 0.336 e. The number of allylic oxidation sites excluding steroid dienone is 1. The largest absolute Gasteiger partial charge is 0.481 e. The van der Waals surface area contributed by atoms with Crippen LogP contribution in [0.3, 0.4) is 0 Å². The van der Waals surface area contributed by atoms with Gasteiger partial charge >= 0.3 is 11.9 Å². The fourth-order valence-electron chi connectivity index (χ4n) is 2.05. The Morgan fingerprint density at radius 3 is 2.06 bits per heavy atom. The molecule has 2 unspecified atom stereocenters. The van der Waals surface area contributed by atoms with Crippen molar-refractivity contribution in [2.75, 3.05) is 7.11 Å². The summed E-state index contributed by atoms with van der Waals surface area (Å²) < 4.78 is 4.93. The van der Waals surface area contributed by atoms with Gasteiger partial charge in [-0.3, -0.25) is 4.79 Å². The molecule has 1 aliphatic carbocycles. The maximum atomic E-state index is 11.0. The zero-order chi connectivity index (χ0) is 14.3. The molecule has 0 aromatic carbocycles. The minimum Gasteiger partial charge on any atom is -0.481 e. The normalized spacial score (nSPS) is 26.7. The molecule has 18 heavy (non-hydrogen) atoms. The minimum atomic E-state index is -1.52. The number of aliphatic carboxylic acids is 2. The molecule has 0 saturated heterocycles. The van der Waals surface area contributed by atoms with E-state index in [0.29, 0.717) is 12.8 Å². The molecule has 5 nitrogen and oxygen atoms in total. The van der Waals surface area contributed by atoms with Crippen molar-refractivity contribution in [3.8, 4) is 0 Å². The molecule has 0 aliphatic heterocycles. The van der Waals surface area contributed by atoms with Gasteiger partial charge in [-0.05, 0) is 33.1 Å². The van der Waals surface area contributed by atoms with Gasteiger partial charge in [-0.2, -0.15) is 0 Å². The van der Waals surface area contributed by atoms with Crippen molar-refractivity contribution in [1.82, 2.24) is 0 Å². The van der Waals surface area contributed by atoms with Gasteiger partial charge in [-0.25, -0.2) is 4.79 Å². The first-order valence-electron chi connectivity index (χ1n) is 5.91. The number of carboxylic acid groups (broad SMARTS) is 2. The van der Waals surface area contributed by atoms with E-state index in [1.54, 1.807) is 0 Å². The lowest BCUT2D eigenvalue weighted by Gasteiger charge is -2.36. The van der Waals surface area contributed by atoms with Crippen LogP contribution in [-0.2, 0) is 14.3 Å².